The minimum Gasteiger partial charge on any atom is -0.320 e. The van der Waals surface area contributed by atoms with Gasteiger partial charge >= 0.3 is 0 Å². The summed E-state index contributed by atoms with van der Waals surface area (Å²) in [5, 5.41) is 0.631. The van der Waals surface area contributed by atoms with E-state index in [-0.39, 0.29) is 11.9 Å². The maximum Gasteiger partial charge on any atom is 0.123 e. The average Bonchev–Trinajstić information content (AvgIpc) is 2.26. The van der Waals surface area contributed by atoms with E-state index in [0.717, 1.165) is 16.7 Å². The highest BCUT2D eigenvalue weighted by Crippen LogP contribution is 2.23. The molecule has 1 unspecified atom stereocenters. The second-order valence-electron chi connectivity index (χ2n) is 4.09. The highest BCUT2D eigenvalue weighted by atomic mass is 35.5. The number of hydrogen-bond acceptors (Lipinski definition) is 1. The number of hydrogen-bond donors (Lipinski definition) is 1. The van der Waals surface area contributed by atoms with Gasteiger partial charge in [0.25, 0.3) is 0 Å². The first kappa shape index (κ1) is 12.1. The van der Waals surface area contributed by atoms with Gasteiger partial charge in [-0.3, -0.25) is 0 Å². The minimum absolute atomic E-state index is 0.266. The Hall–Kier alpha value is -1.38. The minimum atomic E-state index is -0.358. The number of aryl methyl sites for hydroxylation is 1. The number of benzene rings is 2. The molecule has 0 radical (unpaired) electrons. The van der Waals surface area contributed by atoms with Crippen molar-refractivity contribution in [3.05, 3.63) is 70.0 Å². The number of nitrogens with two attached hydrogens (primary N) is 1. The Morgan fingerprint density at radius 2 is 1.88 bits per heavy atom. The summed E-state index contributed by atoms with van der Waals surface area (Å²) in [6, 6.07) is 11.8. The number of halogens is 2. The maximum atomic E-state index is 13.3. The topological polar surface area (TPSA) is 26.0 Å². The molecule has 2 aromatic rings. The van der Waals surface area contributed by atoms with E-state index in [4.69, 9.17) is 17.3 Å². The quantitative estimate of drug-likeness (QED) is 0.860. The zero-order chi connectivity index (χ0) is 12.4. The largest absolute Gasteiger partial charge is 0.320 e. The van der Waals surface area contributed by atoms with E-state index < -0.39 is 0 Å². The smallest absolute Gasteiger partial charge is 0.123 e. The molecule has 0 spiro atoms. The summed E-state index contributed by atoms with van der Waals surface area (Å²) in [5.41, 5.74) is 8.59. The molecule has 88 valence electrons. The second-order valence-corrected chi connectivity index (χ2v) is 4.53. The van der Waals surface area contributed by atoms with Gasteiger partial charge in [-0.25, -0.2) is 4.39 Å². The van der Waals surface area contributed by atoms with Crippen LogP contribution in [0.1, 0.15) is 22.7 Å². The van der Waals surface area contributed by atoms with Crippen molar-refractivity contribution in [3.8, 4) is 0 Å². The summed E-state index contributed by atoms with van der Waals surface area (Å²) in [5.74, 6) is -0.266. The van der Waals surface area contributed by atoms with E-state index in [1.165, 1.54) is 12.1 Å². The van der Waals surface area contributed by atoms with E-state index in [1.54, 1.807) is 12.1 Å². The molecule has 2 aromatic carbocycles. The van der Waals surface area contributed by atoms with Crippen LogP contribution in [0.3, 0.4) is 0 Å². The molecule has 17 heavy (non-hydrogen) atoms. The molecule has 0 aliphatic rings. The van der Waals surface area contributed by atoms with Gasteiger partial charge in [0.15, 0.2) is 0 Å². The molecular formula is C14H13ClFN. The van der Waals surface area contributed by atoms with Crippen molar-refractivity contribution in [1.82, 2.24) is 0 Å². The summed E-state index contributed by atoms with van der Waals surface area (Å²) in [4.78, 5) is 0. The molecule has 0 saturated heterocycles. The molecule has 1 nitrogen and oxygen atoms in total. The van der Waals surface area contributed by atoms with Gasteiger partial charge in [-0.2, -0.15) is 0 Å². The Balaban J connectivity index is 2.39. The third kappa shape index (κ3) is 2.84. The summed E-state index contributed by atoms with van der Waals surface area (Å²) in [6.07, 6.45) is 0. The van der Waals surface area contributed by atoms with Crippen molar-refractivity contribution < 1.29 is 4.39 Å². The SMILES string of the molecule is Cc1cc(F)cc(C(N)c2cccc(Cl)c2)c1. The molecular weight excluding hydrogens is 237 g/mol. The predicted molar refractivity (Wildman–Crippen MR) is 68.6 cm³/mol. The summed E-state index contributed by atoms with van der Waals surface area (Å²) < 4.78 is 13.3. The molecule has 0 heterocycles. The van der Waals surface area contributed by atoms with Gasteiger partial charge in [0, 0.05) is 5.02 Å². The lowest BCUT2D eigenvalue weighted by Crippen LogP contribution is -2.12. The normalized spacial score (nSPS) is 12.5. The van der Waals surface area contributed by atoms with Crippen molar-refractivity contribution in [2.45, 2.75) is 13.0 Å². The fourth-order valence-corrected chi connectivity index (χ4v) is 2.04. The van der Waals surface area contributed by atoms with E-state index in [0.29, 0.717) is 5.02 Å². The van der Waals surface area contributed by atoms with Crippen molar-refractivity contribution in [2.75, 3.05) is 0 Å². The van der Waals surface area contributed by atoms with Crippen LogP contribution in [0.25, 0.3) is 0 Å². The Labute approximate surface area is 105 Å². The molecule has 0 bridgehead atoms. The Kier molecular flexibility index (Phi) is 3.46. The van der Waals surface area contributed by atoms with E-state index in [1.807, 2.05) is 25.1 Å². The van der Waals surface area contributed by atoms with Crippen LogP contribution >= 0.6 is 11.6 Å². The van der Waals surface area contributed by atoms with Crippen LogP contribution in [0.15, 0.2) is 42.5 Å². The van der Waals surface area contributed by atoms with Gasteiger partial charge in [0.1, 0.15) is 5.82 Å². The van der Waals surface area contributed by atoms with Gasteiger partial charge < -0.3 is 5.73 Å². The van der Waals surface area contributed by atoms with Gasteiger partial charge in [0.05, 0.1) is 6.04 Å². The Bertz CT molecular complexity index is 519. The standard InChI is InChI=1S/C14H13ClFN/c1-9-5-11(8-13(16)6-9)14(17)10-3-2-4-12(15)7-10/h2-8,14H,17H2,1H3. The van der Waals surface area contributed by atoms with Crippen LogP contribution < -0.4 is 5.73 Å². The monoisotopic (exact) mass is 249 g/mol. The summed E-state index contributed by atoms with van der Waals surface area (Å²) in [7, 11) is 0. The van der Waals surface area contributed by atoms with Crippen LogP contribution in [-0.2, 0) is 0 Å². The molecule has 0 fully saturated rings. The van der Waals surface area contributed by atoms with Crippen LogP contribution in [0.5, 0.6) is 0 Å². The van der Waals surface area contributed by atoms with E-state index >= 15 is 0 Å². The lowest BCUT2D eigenvalue weighted by Gasteiger charge is -2.13. The highest BCUT2D eigenvalue weighted by molar-refractivity contribution is 6.30. The summed E-state index contributed by atoms with van der Waals surface area (Å²) >= 11 is 5.91. The third-order valence-electron chi connectivity index (χ3n) is 2.63. The van der Waals surface area contributed by atoms with E-state index in [9.17, 15) is 4.39 Å². The molecule has 0 amide bonds. The lowest BCUT2D eigenvalue weighted by molar-refractivity contribution is 0.622. The molecule has 2 rings (SSSR count). The van der Waals surface area contributed by atoms with Crippen molar-refractivity contribution in [2.24, 2.45) is 5.73 Å². The lowest BCUT2D eigenvalue weighted by atomic mass is 9.98. The van der Waals surface area contributed by atoms with Crippen LogP contribution in [0.2, 0.25) is 5.02 Å². The van der Waals surface area contributed by atoms with Gasteiger partial charge in [-0.1, -0.05) is 29.8 Å². The molecule has 0 aromatic heterocycles. The molecule has 1 atom stereocenters. The average molecular weight is 250 g/mol. The molecule has 2 N–H and O–H groups in total. The van der Waals surface area contributed by atoms with Gasteiger partial charge in [-0.15, -0.1) is 0 Å². The van der Waals surface area contributed by atoms with Crippen molar-refractivity contribution in [1.29, 1.82) is 0 Å². The highest BCUT2D eigenvalue weighted by Gasteiger charge is 2.10. The van der Waals surface area contributed by atoms with Crippen LogP contribution in [0, 0.1) is 12.7 Å². The first-order valence-corrected chi connectivity index (χ1v) is 5.72. The predicted octanol–water partition coefficient (Wildman–Crippen LogP) is 3.84. The van der Waals surface area contributed by atoms with Crippen LogP contribution in [0.4, 0.5) is 4.39 Å². The zero-order valence-corrected chi connectivity index (χ0v) is 10.2. The fourth-order valence-electron chi connectivity index (χ4n) is 1.84. The zero-order valence-electron chi connectivity index (χ0n) is 9.45. The van der Waals surface area contributed by atoms with Crippen LogP contribution in [-0.4, -0.2) is 0 Å². The molecule has 3 heteroatoms. The fraction of sp³-hybridized carbons (Fsp3) is 0.143. The maximum absolute atomic E-state index is 13.3. The second kappa shape index (κ2) is 4.86. The Morgan fingerprint density at radius 3 is 2.53 bits per heavy atom. The summed E-state index contributed by atoms with van der Waals surface area (Å²) in [6.45, 7) is 1.84. The Morgan fingerprint density at radius 1 is 1.12 bits per heavy atom. The van der Waals surface area contributed by atoms with Crippen molar-refractivity contribution >= 4 is 11.6 Å². The van der Waals surface area contributed by atoms with Crippen molar-refractivity contribution in [3.63, 3.8) is 0 Å². The number of rotatable bonds is 2. The first-order valence-electron chi connectivity index (χ1n) is 5.34. The molecule has 0 aliphatic heterocycles. The van der Waals surface area contributed by atoms with E-state index in [2.05, 4.69) is 0 Å². The molecule has 0 aliphatic carbocycles. The van der Waals surface area contributed by atoms with Gasteiger partial charge in [-0.05, 0) is 47.9 Å². The third-order valence-corrected chi connectivity index (χ3v) is 2.87. The molecule has 0 saturated carbocycles. The first-order chi connectivity index (χ1) is 8.06. The van der Waals surface area contributed by atoms with Gasteiger partial charge in [0.2, 0.25) is 0 Å².